The third-order valence-electron chi connectivity index (χ3n) is 3.60. The summed E-state index contributed by atoms with van der Waals surface area (Å²) in [6, 6.07) is 15.1. The molecule has 0 fully saturated rings. The average Bonchev–Trinajstić information content (AvgIpc) is 2.58. The van der Waals surface area contributed by atoms with Crippen LogP contribution in [-0.2, 0) is 29.1 Å². The molecule has 2 aromatic carbocycles. The van der Waals surface area contributed by atoms with Crippen molar-refractivity contribution >= 4 is 5.91 Å². The summed E-state index contributed by atoms with van der Waals surface area (Å²) in [5.74, 6) is 0.219. The van der Waals surface area contributed by atoms with Crippen molar-refractivity contribution in [1.29, 1.82) is 0 Å². The molecule has 0 spiro atoms. The lowest BCUT2D eigenvalue weighted by atomic mass is 10.1. The van der Waals surface area contributed by atoms with Crippen LogP contribution in [0, 0.1) is 0 Å². The number of phenolic OH excluding ortho intramolecular Hbond substituents is 1. The van der Waals surface area contributed by atoms with Gasteiger partial charge in [0.2, 0.25) is 5.91 Å². The Morgan fingerprint density at radius 2 is 1.78 bits per heavy atom. The molecule has 2 aromatic rings. The quantitative estimate of drug-likeness (QED) is 0.787. The average molecular weight is 313 g/mol. The van der Waals surface area contributed by atoms with Gasteiger partial charge in [0.1, 0.15) is 5.75 Å². The van der Waals surface area contributed by atoms with Gasteiger partial charge in [0.25, 0.3) is 0 Å². The lowest BCUT2D eigenvalue weighted by Crippen LogP contribution is -2.23. The largest absolute Gasteiger partial charge is 0.508 e. The van der Waals surface area contributed by atoms with Crippen molar-refractivity contribution in [2.24, 2.45) is 0 Å². The van der Waals surface area contributed by atoms with E-state index in [-0.39, 0.29) is 11.7 Å². The van der Waals surface area contributed by atoms with Gasteiger partial charge < -0.3 is 15.2 Å². The Kier molecular flexibility index (Phi) is 6.63. The van der Waals surface area contributed by atoms with Crippen LogP contribution in [0.1, 0.15) is 30.0 Å². The molecular formula is C19H23NO3. The zero-order valence-electron chi connectivity index (χ0n) is 13.4. The molecule has 0 unspecified atom stereocenters. The molecule has 4 nitrogen and oxygen atoms in total. The Bertz CT molecular complexity index is 623. The lowest BCUT2D eigenvalue weighted by molar-refractivity contribution is -0.121. The molecule has 0 aliphatic carbocycles. The van der Waals surface area contributed by atoms with E-state index in [0.717, 1.165) is 16.7 Å². The van der Waals surface area contributed by atoms with Crippen LogP contribution in [0.4, 0.5) is 0 Å². The number of hydrogen-bond acceptors (Lipinski definition) is 3. The number of ether oxygens (including phenoxy) is 1. The molecule has 0 aromatic heterocycles. The van der Waals surface area contributed by atoms with E-state index in [1.807, 2.05) is 43.3 Å². The molecular weight excluding hydrogens is 290 g/mol. The minimum absolute atomic E-state index is 0.0216. The Morgan fingerprint density at radius 1 is 1.09 bits per heavy atom. The highest BCUT2D eigenvalue weighted by molar-refractivity contribution is 5.76. The molecule has 2 N–H and O–H groups in total. The third kappa shape index (κ3) is 5.75. The van der Waals surface area contributed by atoms with Crippen LogP contribution < -0.4 is 5.32 Å². The molecule has 0 aliphatic heterocycles. The predicted molar refractivity (Wildman–Crippen MR) is 90.0 cm³/mol. The fraction of sp³-hybridized carbons (Fsp3) is 0.316. The van der Waals surface area contributed by atoms with Crippen molar-refractivity contribution < 1.29 is 14.6 Å². The number of rotatable bonds is 8. The summed E-state index contributed by atoms with van der Waals surface area (Å²) in [6.07, 6.45) is 0.895. The Labute approximate surface area is 137 Å². The van der Waals surface area contributed by atoms with Crippen LogP contribution in [-0.4, -0.2) is 17.6 Å². The van der Waals surface area contributed by atoms with Crippen LogP contribution in [0.3, 0.4) is 0 Å². The number of carbonyl (C=O) groups is 1. The number of carbonyl (C=O) groups excluding carboxylic acids is 1. The maximum absolute atomic E-state index is 11.9. The van der Waals surface area contributed by atoms with E-state index in [4.69, 9.17) is 4.74 Å². The second-order valence-corrected chi connectivity index (χ2v) is 5.36. The first-order chi connectivity index (χ1) is 11.2. The number of aryl methyl sites for hydroxylation is 1. The molecule has 0 bridgehead atoms. The number of benzene rings is 2. The molecule has 23 heavy (non-hydrogen) atoms. The van der Waals surface area contributed by atoms with Gasteiger partial charge in [-0.15, -0.1) is 0 Å². The van der Waals surface area contributed by atoms with E-state index in [0.29, 0.717) is 32.6 Å². The van der Waals surface area contributed by atoms with Gasteiger partial charge in [-0.05, 0) is 36.1 Å². The van der Waals surface area contributed by atoms with Crippen LogP contribution in [0.2, 0.25) is 0 Å². The zero-order chi connectivity index (χ0) is 16.5. The standard InChI is InChI=1S/C19H23NO3/c1-2-23-14-16-9-7-15(8-10-16)13-20-19(22)12-11-17-5-3-4-6-18(17)21/h3-10,21H,2,11-14H2,1H3,(H,20,22). The molecule has 1 amide bonds. The molecule has 0 aliphatic rings. The summed E-state index contributed by atoms with van der Waals surface area (Å²) >= 11 is 0. The Hall–Kier alpha value is -2.33. The maximum atomic E-state index is 11.9. The van der Waals surface area contributed by atoms with Crippen LogP contribution in [0.15, 0.2) is 48.5 Å². The first-order valence-corrected chi connectivity index (χ1v) is 7.88. The SMILES string of the molecule is CCOCc1ccc(CNC(=O)CCc2ccccc2O)cc1. The van der Waals surface area contributed by atoms with E-state index in [1.54, 1.807) is 12.1 Å². The minimum Gasteiger partial charge on any atom is -0.508 e. The summed E-state index contributed by atoms with van der Waals surface area (Å²) in [5.41, 5.74) is 2.98. The van der Waals surface area contributed by atoms with Crippen molar-refractivity contribution in [3.05, 3.63) is 65.2 Å². The first kappa shape index (κ1) is 17.0. The van der Waals surface area contributed by atoms with Gasteiger partial charge in [0.15, 0.2) is 0 Å². The molecule has 0 heterocycles. The van der Waals surface area contributed by atoms with Gasteiger partial charge in [-0.1, -0.05) is 42.5 Å². The van der Waals surface area contributed by atoms with Gasteiger partial charge in [-0.3, -0.25) is 4.79 Å². The molecule has 0 saturated heterocycles. The number of nitrogens with one attached hydrogen (secondary N) is 1. The second kappa shape index (κ2) is 8.96. The van der Waals surface area contributed by atoms with Crippen LogP contribution in [0.5, 0.6) is 5.75 Å². The van der Waals surface area contributed by atoms with Crippen LogP contribution in [0.25, 0.3) is 0 Å². The van der Waals surface area contributed by atoms with Crippen molar-refractivity contribution in [2.45, 2.75) is 32.9 Å². The molecule has 4 heteroatoms. The summed E-state index contributed by atoms with van der Waals surface area (Å²) in [4.78, 5) is 11.9. The van der Waals surface area contributed by atoms with Gasteiger partial charge in [-0.2, -0.15) is 0 Å². The number of amides is 1. The van der Waals surface area contributed by atoms with Crippen molar-refractivity contribution in [3.63, 3.8) is 0 Å². The minimum atomic E-state index is -0.0216. The third-order valence-corrected chi connectivity index (χ3v) is 3.60. The first-order valence-electron chi connectivity index (χ1n) is 7.88. The topological polar surface area (TPSA) is 58.6 Å². The van der Waals surface area contributed by atoms with Crippen molar-refractivity contribution in [2.75, 3.05) is 6.61 Å². The van der Waals surface area contributed by atoms with Crippen molar-refractivity contribution in [3.8, 4) is 5.75 Å². The van der Waals surface area contributed by atoms with Gasteiger partial charge in [0, 0.05) is 19.6 Å². The molecule has 0 radical (unpaired) electrons. The monoisotopic (exact) mass is 313 g/mol. The van der Waals surface area contributed by atoms with Crippen LogP contribution >= 0.6 is 0 Å². The maximum Gasteiger partial charge on any atom is 0.220 e. The van der Waals surface area contributed by atoms with E-state index in [2.05, 4.69) is 5.32 Å². The Morgan fingerprint density at radius 3 is 2.48 bits per heavy atom. The number of hydrogen-bond donors (Lipinski definition) is 2. The van der Waals surface area contributed by atoms with Gasteiger partial charge in [-0.25, -0.2) is 0 Å². The summed E-state index contributed by atoms with van der Waals surface area (Å²) in [6.45, 7) is 3.80. The van der Waals surface area contributed by atoms with E-state index < -0.39 is 0 Å². The summed E-state index contributed by atoms with van der Waals surface area (Å²) in [7, 11) is 0. The molecule has 122 valence electrons. The van der Waals surface area contributed by atoms with Crippen molar-refractivity contribution in [1.82, 2.24) is 5.32 Å². The Balaban J connectivity index is 1.75. The number of para-hydroxylation sites is 1. The summed E-state index contributed by atoms with van der Waals surface area (Å²) < 4.78 is 5.35. The van der Waals surface area contributed by atoms with E-state index >= 15 is 0 Å². The fourth-order valence-electron chi connectivity index (χ4n) is 2.23. The lowest BCUT2D eigenvalue weighted by Gasteiger charge is -2.07. The number of aromatic hydroxyl groups is 1. The van der Waals surface area contributed by atoms with E-state index in [1.165, 1.54) is 0 Å². The summed E-state index contributed by atoms with van der Waals surface area (Å²) in [5, 5.41) is 12.6. The van der Waals surface area contributed by atoms with Gasteiger partial charge >= 0.3 is 0 Å². The second-order valence-electron chi connectivity index (χ2n) is 5.36. The highest BCUT2D eigenvalue weighted by Crippen LogP contribution is 2.17. The highest BCUT2D eigenvalue weighted by Gasteiger charge is 2.05. The normalized spacial score (nSPS) is 10.5. The van der Waals surface area contributed by atoms with Gasteiger partial charge in [0.05, 0.1) is 6.61 Å². The smallest absolute Gasteiger partial charge is 0.220 e. The number of phenols is 1. The molecule has 0 atom stereocenters. The van der Waals surface area contributed by atoms with E-state index in [9.17, 15) is 9.90 Å². The predicted octanol–water partition coefficient (Wildman–Crippen LogP) is 3.18. The molecule has 0 saturated carbocycles. The zero-order valence-corrected chi connectivity index (χ0v) is 13.4. The highest BCUT2D eigenvalue weighted by atomic mass is 16.5. The fourth-order valence-corrected chi connectivity index (χ4v) is 2.23. The molecule has 2 rings (SSSR count).